The minimum absolute atomic E-state index is 0.0635. The lowest BCUT2D eigenvalue weighted by Crippen LogP contribution is -2.39. The predicted molar refractivity (Wildman–Crippen MR) is 117 cm³/mol. The number of carbonyl (C=O) groups excluding carboxylic acids is 1. The summed E-state index contributed by atoms with van der Waals surface area (Å²) in [5.41, 5.74) is 2.92. The number of hydrogen-bond donors (Lipinski definition) is 2. The van der Waals surface area contributed by atoms with Crippen LogP contribution in [0.1, 0.15) is 43.0 Å². The van der Waals surface area contributed by atoms with E-state index in [4.69, 9.17) is 4.98 Å². The van der Waals surface area contributed by atoms with Crippen molar-refractivity contribution >= 4 is 22.8 Å². The van der Waals surface area contributed by atoms with Crippen molar-refractivity contribution in [3.05, 3.63) is 53.7 Å². The summed E-state index contributed by atoms with van der Waals surface area (Å²) in [7, 11) is 0. The third-order valence-electron chi connectivity index (χ3n) is 6.22. The standard InChI is InChI=1S/C23H28N6O/c30-21(16-28-12-4-5-13-28)29-14-6-9-20(29)19-11-10-18-22(26-27-23(18)25-19)24-15-17-7-2-1-3-8-17/h1-3,7-8,10-11,20H,4-6,9,12-16H2,(H2,24,25,26,27)/t20-/m0/s1. The smallest absolute Gasteiger partial charge is 0.237 e. The summed E-state index contributed by atoms with van der Waals surface area (Å²) in [5.74, 6) is 1.04. The van der Waals surface area contributed by atoms with Gasteiger partial charge in [-0.25, -0.2) is 4.98 Å². The fourth-order valence-corrected chi connectivity index (χ4v) is 4.62. The van der Waals surface area contributed by atoms with Crippen LogP contribution in [0.25, 0.3) is 11.0 Å². The second-order valence-electron chi connectivity index (χ2n) is 8.27. The molecule has 2 aliphatic heterocycles. The Morgan fingerprint density at radius 1 is 1.07 bits per heavy atom. The molecule has 1 amide bonds. The highest BCUT2D eigenvalue weighted by Crippen LogP contribution is 2.32. The van der Waals surface area contributed by atoms with E-state index in [0.29, 0.717) is 13.1 Å². The molecule has 1 aromatic carbocycles. The Bertz CT molecular complexity index is 1010. The number of pyridine rings is 1. The van der Waals surface area contributed by atoms with E-state index in [1.165, 1.54) is 18.4 Å². The fourth-order valence-electron chi connectivity index (χ4n) is 4.62. The van der Waals surface area contributed by atoms with Crippen LogP contribution in [0.4, 0.5) is 5.82 Å². The molecule has 4 heterocycles. The summed E-state index contributed by atoms with van der Waals surface area (Å²) < 4.78 is 0. The quantitative estimate of drug-likeness (QED) is 0.659. The second-order valence-corrected chi connectivity index (χ2v) is 8.27. The number of aromatic nitrogens is 3. The molecular weight excluding hydrogens is 376 g/mol. The molecule has 2 saturated heterocycles. The van der Waals surface area contributed by atoms with Crippen LogP contribution in [-0.2, 0) is 11.3 Å². The zero-order chi connectivity index (χ0) is 20.3. The average molecular weight is 405 g/mol. The number of likely N-dealkylation sites (tertiary alicyclic amines) is 2. The first-order valence-electron chi connectivity index (χ1n) is 10.9. The zero-order valence-electron chi connectivity index (χ0n) is 17.2. The SMILES string of the molecule is O=C(CN1CCCC1)N1CCC[C@H]1c1ccc2c(NCc3ccccc3)n[nH]c2n1. The molecule has 0 radical (unpaired) electrons. The normalized spacial score (nSPS) is 19.6. The molecule has 0 saturated carbocycles. The van der Waals surface area contributed by atoms with E-state index in [2.05, 4.69) is 44.7 Å². The fraction of sp³-hybridized carbons (Fsp3) is 0.435. The van der Waals surface area contributed by atoms with Crippen LogP contribution in [0.2, 0.25) is 0 Å². The van der Waals surface area contributed by atoms with Gasteiger partial charge >= 0.3 is 0 Å². The van der Waals surface area contributed by atoms with Crippen molar-refractivity contribution in [1.29, 1.82) is 0 Å². The van der Waals surface area contributed by atoms with Crippen LogP contribution in [0, 0.1) is 0 Å². The van der Waals surface area contributed by atoms with Gasteiger partial charge < -0.3 is 10.2 Å². The van der Waals surface area contributed by atoms with E-state index in [0.717, 1.165) is 55.0 Å². The van der Waals surface area contributed by atoms with Gasteiger partial charge in [0, 0.05) is 13.1 Å². The van der Waals surface area contributed by atoms with Crippen LogP contribution >= 0.6 is 0 Å². The lowest BCUT2D eigenvalue weighted by atomic mass is 10.1. The van der Waals surface area contributed by atoms with Crippen molar-refractivity contribution in [2.75, 3.05) is 31.5 Å². The maximum Gasteiger partial charge on any atom is 0.237 e. The van der Waals surface area contributed by atoms with Gasteiger partial charge in [-0.05, 0) is 56.5 Å². The van der Waals surface area contributed by atoms with Crippen LogP contribution in [-0.4, -0.2) is 57.1 Å². The van der Waals surface area contributed by atoms with Crippen molar-refractivity contribution in [2.45, 2.75) is 38.3 Å². The Morgan fingerprint density at radius 2 is 1.90 bits per heavy atom. The number of fused-ring (bicyclic) bond motifs is 1. The van der Waals surface area contributed by atoms with Gasteiger partial charge in [0.05, 0.1) is 23.7 Å². The Hall–Kier alpha value is -2.93. The molecule has 0 bridgehead atoms. The molecule has 3 aromatic rings. The molecule has 156 valence electrons. The highest BCUT2D eigenvalue weighted by Gasteiger charge is 2.32. The number of amides is 1. The van der Waals surface area contributed by atoms with Crippen molar-refractivity contribution in [3.8, 4) is 0 Å². The van der Waals surface area contributed by atoms with Gasteiger partial charge in [0.2, 0.25) is 5.91 Å². The van der Waals surface area contributed by atoms with Crippen molar-refractivity contribution in [3.63, 3.8) is 0 Å². The number of rotatable bonds is 6. The first-order chi connectivity index (χ1) is 14.8. The summed E-state index contributed by atoms with van der Waals surface area (Å²) in [4.78, 5) is 22.0. The van der Waals surface area contributed by atoms with Crippen LogP contribution in [0.3, 0.4) is 0 Å². The van der Waals surface area contributed by atoms with Crippen molar-refractivity contribution in [2.24, 2.45) is 0 Å². The maximum absolute atomic E-state index is 12.9. The molecule has 0 spiro atoms. The number of carbonyl (C=O) groups is 1. The van der Waals surface area contributed by atoms with Crippen molar-refractivity contribution in [1.82, 2.24) is 25.0 Å². The summed E-state index contributed by atoms with van der Waals surface area (Å²) in [5, 5.41) is 11.8. The Balaban J connectivity index is 1.30. The van der Waals surface area contributed by atoms with Gasteiger partial charge in [0.25, 0.3) is 0 Å². The molecule has 1 atom stereocenters. The number of benzene rings is 1. The zero-order valence-corrected chi connectivity index (χ0v) is 17.2. The van der Waals surface area contributed by atoms with Gasteiger partial charge in [-0.1, -0.05) is 30.3 Å². The van der Waals surface area contributed by atoms with E-state index in [-0.39, 0.29) is 11.9 Å². The first kappa shape index (κ1) is 19.1. The molecule has 2 aliphatic rings. The lowest BCUT2D eigenvalue weighted by molar-refractivity contribution is -0.133. The molecule has 7 heteroatoms. The molecule has 0 unspecified atom stereocenters. The van der Waals surface area contributed by atoms with Crippen LogP contribution in [0.15, 0.2) is 42.5 Å². The number of aromatic amines is 1. The van der Waals surface area contributed by atoms with E-state index in [1.807, 2.05) is 23.1 Å². The van der Waals surface area contributed by atoms with E-state index in [9.17, 15) is 4.79 Å². The number of anilines is 1. The molecular formula is C23H28N6O. The van der Waals surface area contributed by atoms with Crippen LogP contribution < -0.4 is 5.32 Å². The topological polar surface area (TPSA) is 77.2 Å². The summed E-state index contributed by atoms with van der Waals surface area (Å²) in [6, 6.07) is 14.4. The second kappa shape index (κ2) is 8.44. The third-order valence-corrected chi connectivity index (χ3v) is 6.22. The number of H-pyrrole nitrogens is 1. The number of nitrogens with zero attached hydrogens (tertiary/aromatic N) is 4. The van der Waals surface area contributed by atoms with E-state index >= 15 is 0 Å². The third kappa shape index (κ3) is 3.89. The Morgan fingerprint density at radius 3 is 2.73 bits per heavy atom. The first-order valence-corrected chi connectivity index (χ1v) is 10.9. The molecule has 30 heavy (non-hydrogen) atoms. The highest BCUT2D eigenvalue weighted by molar-refractivity contribution is 5.87. The maximum atomic E-state index is 12.9. The lowest BCUT2D eigenvalue weighted by Gasteiger charge is -2.26. The van der Waals surface area contributed by atoms with Gasteiger partial charge in [0.15, 0.2) is 11.5 Å². The largest absolute Gasteiger partial charge is 0.364 e. The predicted octanol–water partition coefficient (Wildman–Crippen LogP) is 3.33. The molecule has 2 fully saturated rings. The van der Waals surface area contributed by atoms with Gasteiger partial charge in [-0.3, -0.25) is 14.8 Å². The molecule has 7 nitrogen and oxygen atoms in total. The van der Waals surface area contributed by atoms with Gasteiger partial charge in [-0.2, -0.15) is 5.10 Å². The molecule has 0 aliphatic carbocycles. The van der Waals surface area contributed by atoms with Gasteiger partial charge in [0.1, 0.15) is 0 Å². The van der Waals surface area contributed by atoms with Crippen LogP contribution in [0.5, 0.6) is 0 Å². The van der Waals surface area contributed by atoms with Gasteiger partial charge in [-0.15, -0.1) is 0 Å². The number of hydrogen-bond acceptors (Lipinski definition) is 5. The summed E-state index contributed by atoms with van der Waals surface area (Å²) >= 11 is 0. The van der Waals surface area contributed by atoms with Crippen molar-refractivity contribution < 1.29 is 4.79 Å². The number of nitrogens with one attached hydrogen (secondary N) is 2. The van der Waals surface area contributed by atoms with E-state index < -0.39 is 0 Å². The molecule has 2 N–H and O–H groups in total. The molecule has 2 aromatic heterocycles. The summed E-state index contributed by atoms with van der Waals surface area (Å²) in [6.45, 7) is 4.16. The minimum atomic E-state index is 0.0635. The Kier molecular flexibility index (Phi) is 5.36. The highest BCUT2D eigenvalue weighted by atomic mass is 16.2. The monoisotopic (exact) mass is 404 g/mol. The molecule has 5 rings (SSSR count). The summed E-state index contributed by atoms with van der Waals surface area (Å²) in [6.07, 6.45) is 4.41. The average Bonchev–Trinajstić information content (AvgIpc) is 3.53. The minimum Gasteiger partial charge on any atom is -0.364 e. The van der Waals surface area contributed by atoms with E-state index in [1.54, 1.807) is 0 Å². The Labute approximate surface area is 176 Å².